The summed E-state index contributed by atoms with van der Waals surface area (Å²) < 4.78 is 27.5. The number of nitrogens with zero attached hydrogens (tertiary/aromatic N) is 3. The molecule has 0 aliphatic carbocycles. The number of carboxylic acids is 1. The van der Waals surface area contributed by atoms with Crippen LogP contribution in [0.2, 0.25) is 0 Å². The summed E-state index contributed by atoms with van der Waals surface area (Å²) in [7, 11) is -4.08. The molecule has 0 unspecified atom stereocenters. The zero-order valence-electron chi connectivity index (χ0n) is 13.2. The van der Waals surface area contributed by atoms with Gasteiger partial charge >= 0.3 is 5.97 Å². The third kappa shape index (κ3) is 2.64. The second kappa shape index (κ2) is 6.03. The van der Waals surface area contributed by atoms with Crippen LogP contribution in [-0.2, 0) is 21.2 Å². The molecule has 0 aliphatic heterocycles. The molecule has 0 aliphatic rings. The summed E-state index contributed by atoms with van der Waals surface area (Å²) in [6.07, 6.45) is 2.56. The van der Waals surface area contributed by atoms with E-state index in [1.54, 1.807) is 13.0 Å². The second-order valence-corrected chi connectivity index (χ2v) is 7.16. The van der Waals surface area contributed by atoms with Gasteiger partial charge in [0.25, 0.3) is 10.0 Å². The molecule has 8 heteroatoms. The van der Waals surface area contributed by atoms with E-state index in [1.807, 2.05) is 6.07 Å². The van der Waals surface area contributed by atoms with Crippen molar-refractivity contribution in [3.05, 3.63) is 59.5 Å². The molecule has 2 heterocycles. The van der Waals surface area contributed by atoms with Gasteiger partial charge in [-0.2, -0.15) is 5.26 Å². The molecule has 0 spiro atoms. The van der Waals surface area contributed by atoms with Gasteiger partial charge in [0.2, 0.25) is 0 Å². The molecular weight excluding hydrogens is 342 g/mol. The fraction of sp³-hybridized carbons (Fsp3) is 0.118. The van der Waals surface area contributed by atoms with Gasteiger partial charge in [-0.05, 0) is 30.7 Å². The van der Waals surface area contributed by atoms with Crippen molar-refractivity contribution >= 4 is 26.9 Å². The summed E-state index contributed by atoms with van der Waals surface area (Å²) in [6.45, 7) is 1.55. The maximum absolute atomic E-state index is 13.2. The van der Waals surface area contributed by atoms with E-state index in [1.165, 1.54) is 36.7 Å². The van der Waals surface area contributed by atoms with Crippen molar-refractivity contribution in [1.82, 2.24) is 8.96 Å². The Kier molecular flexibility index (Phi) is 4.02. The maximum atomic E-state index is 13.2. The number of nitriles is 1. The van der Waals surface area contributed by atoms with E-state index in [0.717, 1.165) is 3.97 Å². The Bertz CT molecular complexity index is 1140. The van der Waals surface area contributed by atoms with Crippen LogP contribution in [0.5, 0.6) is 0 Å². The Balaban J connectivity index is 2.38. The lowest BCUT2D eigenvalue weighted by molar-refractivity contribution is -0.136. The van der Waals surface area contributed by atoms with Crippen LogP contribution in [-0.4, -0.2) is 28.5 Å². The first-order chi connectivity index (χ1) is 11.9. The van der Waals surface area contributed by atoms with Crippen LogP contribution in [0, 0.1) is 18.3 Å². The van der Waals surface area contributed by atoms with Crippen molar-refractivity contribution < 1.29 is 18.3 Å². The number of rotatable bonds is 4. The normalized spacial score (nSPS) is 11.4. The molecule has 0 bridgehead atoms. The van der Waals surface area contributed by atoms with Crippen LogP contribution in [0.25, 0.3) is 10.9 Å². The number of aromatic nitrogens is 2. The Morgan fingerprint density at radius 2 is 2.04 bits per heavy atom. The number of hydrogen-bond donors (Lipinski definition) is 1. The highest BCUT2D eigenvalue weighted by Gasteiger charge is 2.27. The average Bonchev–Trinajstić information content (AvgIpc) is 2.87. The van der Waals surface area contributed by atoms with Gasteiger partial charge in [0.1, 0.15) is 11.0 Å². The molecule has 7 nitrogen and oxygen atoms in total. The Morgan fingerprint density at radius 3 is 2.72 bits per heavy atom. The molecule has 0 saturated heterocycles. The molecule has 126 valence electrons. The molecule has 0 amide bonds. The number of pyridine rings is 1. The summed E-state index contributed by atoms with van der Waals surface area (Å²) in [5, 5.41) is 18.8. The monoisotopic (exact) mass is 355 g/mol. The van der Waals surface area contributed by atoms with E-state index >= 15 is 0 Å². The Morgan fingerprint density at radius 1 is 1.32 bits per heavy atom. The molecule has 1 N–H and O–H groups in total. The highest BCUT2D eigenvalue weighted by molar-refractivity contribution is 7.90. The second-order valence-electron chi connectivity index (χ2n) is 5.40. The minimum atomic E-state index is -4.08. The molecule has 0 radical (unpaired) electrons. The van der Waals surface area contributed by atoms with Gasteiger partial charge in [0.05, 0.1) is 17.5 Å². The summed E-state index contributed by atoms with van der Waals surface area (Å²) in [5.41, 5.74) is 1.03. The molecule has 2 aromatic heterocycles. The van der Waals surface area contributed by atoms with Gasteiger partial charge in [0.15, 0.2) is 0 Å². The first-order valence-corrected chi connectivity index (χ1v) is 8.72. The minimum Gasteiger partial charge on any atom is -0.481 e. The standard InChI is InChI=1S/C17H13N3O4S/c1-11-13(8-17(21)22)14-10-19-7-6-15(14)20(11)25(23,24)16-5-3-2-4-12(16)9-18/h2-7,10H,8H2,1H3,(H,21,22). The molecule has 3 rings (SSSR count). The molecule has 1 aromatic carbocycles. The molecular formula is C17H13N3O4S. The van der Waals surface area contributed by atoms with Gasteiger partial charge in [-0.3, -0.25) is 9.78 Å². The number of fused-ring (bicyclic) bond motifs is 1. The van der Waals surface area contributed by atoms with Gasteiger partial charge < -0.3 is 5.11 Å². The molecule has 25 heavy (non-hydrogen) atoms. The third-order valence-corrected chi connectivity index (χ3v) is 5.80. The zero-order valence-corrected chi connectivity index (χ0v) is 14.0. The summed E-state index contributed by atoms with van der Waals surface area (Å²) in [5.74, 6) is -1.07. The van der Waals surface area contributed by atoms with Gasteiger partial charge in [-0.15, -0.1) is 0 Å². The zero-order chi connectivity index (χ0) is 18.2. The van der Waals surface area contributed by atoms with Gasteiger partial charge in [-0.1, -0.05) is 12.1 Å². The van der Waals surface area contributed by atoms with Crippen LogP contribution < -0.4 is 0 Å². The predicted octanol–water partition coefficient (Wildman–Crippen LogP) is 2.08. The smallest absolute Gasteiger partial charge is 0.307 e. The number of hydrogen-bond acceptors (Lipinski definition) is 5. The Labute approximate surface area is 143 Å². The van der Waals surface area contributed by atoms with Crippen molar-refractivity contribution in [3.8, 4) is 6.07 Å². The fourth-order valence-electron chi connectivity index (χ4n) is 2.86. The number of benzene rings is 1. The van der Waals surface area contributed by atoms with Crippen molar-refractivity contribution in [3.63, 3.8) is 0 Å². The summed E-state index contributed by atoms with van der Waals surface area (Å²) >= 11 is 0. The van der Waals surface area contributed by atoms with Crippen molar-refractivity contribution in [2.75, 3.05) is 0 Å². The average molecular weight is 355 g/mol. The highest BCUT2D eigenvalue weighted by Crippen LogP contribution is 2.30. The lowest BCUT2D eigenvalue weighted by atomic mass is 10.1. The number of carbonyl (C=O) groups is 1. The largest absolute Gasteiger partial charge is 0.481 e. The van der Waals surface area contributed by atoms with Crippen molar-refractivity contribution in [2.24, 2.45) is 0 Å². The first-order valence-electron chi connectivity index (χ1n) is 7.28. The van der Waals surface area contributed by atoms with E-state index in [2.05, 4.69) is 4.98 Å². The van der Waals surface area contributed by atoms with E-state index in [-0.39, 0.29) is 22.6 Å². The third-order valence-electron chi connectivity index (χ3n) is 3.94. The van der Waals surface area contributed by atoms with E-state index in [9.17, 15) is 18.5 Å². The lowest BCUT2D eigenvalue weighted by Crippen LogP contribution is -2.16. The van der Waals surface area contributed by atoms with E-state index < -0.39 is 16.0 Å². The Hall–Kier alpha value is -3.18. The van der Waals surface area contributed by atoms with Gasteiger partial charge in [-0.25, -0.2) is 12.4 Å². The number of carboxylic acid groups (broad SMARTS) is 1. The maximum Gasteiger partial charge on any atom is 0.307 e. The molecule has 3 aromatic rings. The predicted molar refractivity (Wildman–Crippen MR) is 89.6 cm³/mol. The van der Waals surface area contributed by atoms with Crippen molar-refractivity contribution in [2.45, 2.75) is 18.2 Å². The lowest BCUT2D eigenvalue weighted by Gasteiger charge is -2.11. The molecule has 0 saturated carbocycles. The quantitative estimate of drug-likeness (QED) is 0.766. The van der Waals surface area contributed by atoms with Crippen LogP contribution in [0.3, 0.4) is 0 Å². The highest BCUT2D eigenvalue weighted by atomic mass is 32.2. The van der Waals surface area contributed by atoms with Crippen LogP contribution >= 0.6 is 0 Å². The molecule has 0 fully saturated rings. The van der Waals surface area contributed by atoms with Crippen LogP contribution in [0.15, 0.2) is 47.6 Å². The summed E-state index contributed by atoms with van der Waals surface area (Å²) in [4.78, 5) is 15.0. The first kappa shape index (κ1) is 16.7. The van der Waals surface area contributed by atoms with Crippen LogP contribution in [0.1, 0.15) is 16.8 Å². The van der Waals surface area contributed by atoms with Gasteiger partial charge in [0, 0.05) is 23.5 Å². The topological polar surface area (TPSA) is 113 Å². The van der Waals surface area contributed by atoms with Crippen LogP contribution in [0.4, 0.5) is 0 Å². The van der Waals surface area contributed by atoms with Crippen molar-refractivity contribution in [1.29, 1.82) is 5.26 Å². The number of aliphatic carboxylic acids is 1. The fourth-order valence-corrected chi connectivity index (χ4v) is 4.59. The molecule has 0 atom stereocenters. The summed E-state index contributed by atoms with van der Waals surface area (Å²) in [6, 6.07) is 9.29. The SMILES string of the molecule is Cc1c(CC(=O)O)c2cnccc2n1S(=O)(=O)c1ccccc1C#N. The van der Waals surface area contributed by atoms with E-state index in [0.29, 0.717) is 16.5 Å². The minimum absolute atomic E-state index is 0.0255. The van der Waals surface area contributed by atoms with E-state index in [4.69, 9.17) is 5.11 Å².